The first-order chi connectivity index (χ1) is 7.89. The molecule has 5 nitrogen and oxygen atoms in total. The second-order valence-corrected chi connectivity index (χ2v) is 5.86. The van der Waals surface area contributed by atoms with Crippen LogP contribution in [0.3, 0.4) is 0 Å². The molecule has 2 rings (SSSR count). The largest absolute Gasteiger partial charge is 0.444 e. The van der Waals surface area contributed by atoms with Crippen LogP contribution in [0.5, 0.6) is 0 Å². The minimum Gasteiger partial charge on any atom is -0.444 e. The number of carbonyl (C=O) groups excluding carboxylic acids is 1. The third-order valence-corrected chi connectivity index (χ3v) is 3.17. The number of amides is 1. The topological polar surface area (TPSA) is 59.0 Å². The molecule has 0 saturated carbocycles. The molecule has 3 unspecified atom stereocenters. The summed E-state index contributed by atoms with van der Waals surface area (Å²) in [5.74, 6) is 0.160. The van der Waals surface area contributed by atoms with Gasteiger partial charge >= 0.3 is 6.09 Å². The van der Waals surface area contributed by atoms with Gasteiger partial charge in [0.2, 0.25) is 0 Å². The fourth-order valence-electron chi connectivity index (χ4n) is 2.42. The van der Waals surface area contributed by atoms with E-state index in [9.17, 15) is 9.90 Å². The zero-order valence-electron chi connectivity index (χ0n) is 10.7. The van der Waals surface area contributed by atoms with Gasteiger partial charge in [-0.1, -0.05) is 0 Å². The van der Waals surface area contributed by atoms with Crippen molar-refractivity contribution in [3.05, 3.63) is 0 Å². The van der Waals surface area contributed by atoms with Crippen LogP contribution < -0.4 is 0 Å². The van der Waals surface area contributed by atoms with Gasteiger partial charge in [-0.05, 0) is 27.2 Å². The van der Waals surface area contributed by atoms with Gasteiger partial charge in [0.05, 0.1) is 25.3 Å². The molecule has 1 amide bonds. The molecule has 1 N–H and O–H groups in total. The van der Waals surface area contributed by atoms with E-state index in [0.717, 1.165) is 6.42 Å². The Balaban J connectivity index is 1.95. The minimum absolute atomic E-state index is 0.0359. The first kappa shape index (κ1) is 12.6. The van der Waals surface area contributed by atoms with Crippen molar-refractivity contribution >= 4 is 6.09 Å². The molecule has 2 bridgehead atoms. The average molecular weight is 243 g/mol. The highest BCUT2D eigenvalue weighted by Crippen LogP contribution is 2.32. The van der Waals surface area contributed by atoms with Crippen LogP contribution in [0.2, 0.25) is 0 Å². The molecular formula is C12H21NO4. The van der Waals surface area contributed by atoms with Gasteiger partial charge in [-0.15, -0.1) is 0 Å². The molecule has 0 aromatic rings. The fraction of sp³-hybridized carbons (Fsp3) is 0.917. The van der Waals surface area contributed by atoms with E-state index in [1.165, 1.54) is 0 Å². The summed E-state index contributed by atoms with van der Waals surface area (Å²) in [6, 6.07) is 0. The van der Waals surface area contributed by atoms with Crippen LogP contribution in [-0.4, -0.2) is 53.6 Å². The standard InChI is InChI=1S/C12H21NO4/c1-12(2,3)17-11(15)13-5-9-4-8(7-14)10(6-13)16-9/h8-10,14H,4-7H2,1-3H3. The number of morpholine rings is 1. The highest BCUT2D eigenvalue weighted by atomic mass is 16.6. The number of hydrogen-bond acceptors (Lipinski definition) is 4. The van der Waals surface area contributed by atoms with E-state index in [2.05, 4.69) is 0 Å². The third-order valence-electron chi connectivity index (χ3n) is 3.17. The average Bonchev–Trinajstić information content (AvgIpc) is 2.50. The number of aliphatic hydroxyl groups is 1. The van der Waals surface area contributed by atoms with Crippen molar-refractivity contribution < 1.29 is 19.4 Å². The second-order valence-electron chi connectivity index (χ2n) is 5.86. The van der Waals surface area contributed by atoms with Gasteiger partial charge < -0.3 is 19.5 Å². The van der Waals surface area contributed by atoms with Gasteiger partial charge in [-0.3, -0.25) is 0 Å². The van der Waals surface area contributed by atoms with Crippen LogP contribution in [0.1, 0.15) is 27.2 Å². The van der Waals surface area contributed by atoms with Gasteiger partial charge in [-0.2, -0.15) is 0 Å². The van der Waals surface area contributed by atoms with Crippen molar-refractivity contribution in [3.8, 4) is 0 Å². The molecule has 17 heavy (non-hydrogen) atoms. The molecule has 2 saturated heterocycles. The highest BCUT2D eigenvalue weighted by molar-refractivity contribution is 5.68. The van der Waals surface area contributed by atoms with Gasteiger partial charge in [0, 0.05) is 12.5 Å². The van der Waals surface area contributed by atoms with Crippen LogP contribution in [0.15, 0.2) is 0 Å². The number of rotatable bonds is 1. The number of aliphatic hydroxyl groups excluding tert-OH is 1. The molecule has 2 heterocycles. The van der Waals surface area contributed by atoms with E-state index in [-0.39, 0.29) is 30.8 Å². The molecule has 0 radical (unpaired) electrons. The lowest BCUT2D eigenvalue weighted by Gasteiger charge is -2.34. The quantitative estimate of drug-likeness (QED) is 0.746. The van der Waals surface area contributed by atoms with Gasteiger partial charge in [0.1, 0.15) is 5.60 Å². The zero-order valence-corrected chi connectivity index (χ0v) is 10.7. The van der Waals surface area contributed by atoms with Crippen molar-refractivity contribution in [2.24, 2.45) is 5.92 Å². The monoisotopic (exact) mass is 243 g/mol. The van der Waals surface area contributed by atoms with Crippen molar-refractivity contribution in [3.63, 3.8) is 0 Å². The van der Waals surface area contributed by atoms with Crippen LogP contribution in [-0.2, 0) is 9.47 Å². The normalized spacial score (nSPS) is 32.7. The minimum atomic E-state index is -0.467. The molecule has 0 spiro atoms. The van der Waals surface area contributed by atoms with E-state index in [0.29, 0.717) is 13.1 Å². The van der Waals surface area contributed by atoms with Crippen LogP contribution in [0.25, 0.3) is 0 Å². The smallest absolute Gasteiger partial charge is 0.410 e. The predicted molar refractivity (Wildman–Crippen MR) is 61.7 cm³/mol. The highest BCUT2D eigenvalue weighted by Gasteiger charge is 2.43. The summed E-state index contributed by atoms with van der Waals surface area (Å²) in [7, 11) is 0. The summed E-state index contributed by atoms with van der Waals surface area (Å²) in [5.41, 5.74) is -0.467. The lowest BCUT2D eigenvalue weighted by atomic mass is 10.0. The maximum Gasteiger partial charge on any atom is 0.410 e. The molecule has 0 aromatic heterocycles. The van der Waals surface area contributed by atoms with Crippen LogP contribution in [0, 0.1) is 5.92 Å². The summed E-state index contributed by atoms with van der Waals surface area (Å²) in [5, 5.41) is 9.21. The Morgan fingerprint density at radius 3 is 2.76 bits per heavy atom. The molecule has 98 valence electrons. The summed E-state index contributed by atoms with van der Waals surface area (Å²) < 4.78 is 11.0. The summed E-state index contributed by atoms with van der Waals surface area (Å²) in [4.78, 5) is 13.6. The Labute approximate surface area is 102 Å². The number of ether oxygens (including phenoxy) is 2. The predicted octanol–water partition coefficient (Wildman–Crippen LogP) is 1.00. The first-order valence-corrected chi connectivity index (χ1v) is 6.13. The Morgan fingerprint density at radius 1 is 1.47 bits per heavy atom. The number of carbonyl (C=O) groups is 1. The molecule has 0 aliphatic carbocycles. The Bertz CT molecular complexity index is 299. The number of likely N-dealkylation sites (tertiary alicyclic amines) is 1. The molecule has 2 fully saturated rings. The Hall–Kier alpha value is -0.810. The summed E-state index contributed by atoms with van der Waals surface area (Å²) in [6.45, 7) is 6.80. The zero-order chi connectivity index (χ0) is 12.6. The van der Waals surface area contributed by atoms with Crippen molar-refractivity contribution in [1.82, 2.24) is 4.90 Å². The molecule has 0 aromatic carbocycles. The molecule has 3 atom stereocenters. The molecular weight excluding hydrogens is 222 g/mol. The van der Waals surface area contributed by atoms with Crippen LogP contribution >= 0.6 is 0 Å². The van der Waals surface area contributed by atoms with E-state index in [1.807, 2.05) is 20.8 Å². The van der Waals surface area contributed by atoms with Crippen LogP contribution in [0.4, 0.5) is 4.79 Å². The lowest BCUT2D eigenvalue weighted by molar-refractivity contribution is -0.0578. The third kappa shape index (κ3) is 2.90. The van der Waals surface area contributed by atoms with Gasteiger partial charge in [-0.25, -0.2) is 4.79 Å². The van der Waals surface area contributed by atoms with E-state index in [4.69, 9.17) is 9.47 Å². The Morgan fingerprint density at radius 2 is 2.18 bits per heavy atom. The Kier molecular flexibility index (Phi) is 3.32. The van der Waals surface area contributed by atoms with Crippen molar-refractivity contribution in [2.75, 3.05) is 19.7 Å². The fourth-order valence-corrected chi connectivity index (χ4v) is 2.42. The van der Waals surface area contributed by atoms with E-state index < -0.39 is 5.60 Å². The molecule has 5 heteroatoms. The van der Waals surface area contributed by atoms with Crippen molar-refractivity contribution in [1.29, 1.82) is 0 Å². The first-order valence-electron chi connectivity index (χ1n) is 6.13. The van der Waals surface area contributed by atoms with E-state index in [1.54, 1.807) is 4.90 Å². The number of fused-ring (bicyclic) bond motifs is 2. The summed E-state index contributed by atoms with van der Waals surface area (Å²) in [6.07, 6.45) is 0.569. The number of nitrogens with zero attached hydrogens (tertiary/aromatic N) is 1. The SMILES string of the molecule is CC(C)(C)OC(=O)N1CC2CC(CO)C(C1)O2. The maximum absolute atomic E-state index is 11.9. The maximum atomic E-state index is 11.9. The summed E-state index contributed by atoms with van der Waals surface area (Å²) >= 11 is 0. The van der Waals surface area contributed by atoms with Gasteiger partial charge in [0.25, 0.3) is 0 Å². The molecule has 2 aliphatic rings. The second kappa shape index (κ2) is 4.46. The van der Waals surface area contributed by atoms with E-state index >= 15 is 0 Å². The number of hydrogen-bond donors (Lipinski definition) is 1. The lowest BCUT2D eigenvalue weighted by Crippen LogP contribution is -2.48. The van der Waals surface area contributed by atoms with Gasteiger partial charge in [0.15, 0.2) is 0 Å². The molecule has 2 aliphatic heterocycles. The van der Waals surface area contributed by atoms with Crippen molar-refractivity contribution in [2.45, 2.75) is 45.0 Å².